The van der Waals surface area contributed by atoms with E-state index in [1.54, 1.807) is 7.11 Å². The standard InChI is InChI=1S/C22H28N4O2/c1-28-20-8-3-2-6-16(20)9-10-21(27)26-13-11-18-17(15-26)14-24-22(25-18)19-7-4-5-12-23-19/h2-3,6,8,14,19,23H,4-5,7,9-13,15H2,1H3. The van der Waals surface area contributed by atoms with Crippen LogP contribution in [0.5, 0.6) is 5.75 Å². The van der Waals surface area contributed by atoms with Crippen LogP contribution in [0.1, 0.15) is 54.4 Å². The van der Waals surface area contributed by atoms with Gasteiger partial charge < -0.3 is 15.0 Å². The molecule has 0 radical (unpaired) electrons. The van der Waals surface area contributed by atoms with Crippen molar-refractivity contribution in [3.8, 4) is 5.75 Å². The Morgan fingerprint density at radius 3 is 3.04 bits per heavy atom. The number of hydrogen-bond donors (Lipinski definition) is 1. The Hall–Kier alpha value is -2.47. The number of aromatic nitrogens is 2. The van der Waals surface area contributed by atoms with Gasteiger partial charge in [0.15, 0.2) is 0 Å². The topological polar surface area (TPSA) is 67.3 Å². The molecule has 0 aliphatic carbocycles. The average molecular weight is 380 g/mol. The highest BCUT2D eigenvalue weighted by molar-refractivity contribution is 5.76. The molecule has 1 amide bonds. The van der Waals surface area contributed by atoms with Crippen LogP contribution in [0.25, 0.3) is 0 Å². The number of nitrogens with one attached hydrogen (secondary N) is 1. The quantitative estimate of drug-likeness (QED) is 0.864. The van der Waals surface area contributed by atoms with E-state index in [2.05, 4.69) is 10.3 Å². The fourth-order valence-electron chi connectivity index (χ4n) is 4.09. The number of piperidine rings is 1. The Morgan fingerprint density at radius 2 is 2.21 bits per heavy atom. The summed E-state index contributed by atoms with van der Waals surface area (Å²) >= 11 is 0. The van der Waals surface area contributed by atoms with E-state index in [1.165, 1.54) is 12.8 Å². The number of aryl methyl sites for hydroxylation is 1. The number of hydrogen-bond acceptors (Lipinski definition) is 5. The molecular weight excluding hydrogens is 352 g/mol. The fourth-order valence-corrected chi connectivity index (χ4v) is 4.09. The molecule has 2 aromatic rings. The summed E-state index contributed by atoms with van der Waals surface area (Å²) in [5, 5.41) is 3.51. The van der Waals surface area contributed by atoms with Crippen LogP contribution in [0.2, 0.25) is 0 Å². The molecule has 1 aromatic carbocycles. The lowest BCUT2D eigenvalue weighted by atomic mass is 10.0. The van der Waals surface area contributed by atoms with Crippen molar-refractivity contribution in [2.45, 2.75) is 51.1 Å². The summed E-state index contributed by atoms with van der Waals surface area (Å²) in [5.41, 5.74) is 3.26. The highest BCUT2D eigenvalue weighted by atomic mass is 16.5. The summed E-state index contributed by atoms with van der Waals surface area (Å²) in [6.07, 6.45) is 7.47. The van der Waals surface area contributed by atoms with E-state index in [1.807, 2.05) is 35.4 Å². The highest BCUT2D eigenvalue weighted by Gasteiger charge is 2.24. The molecule has 2 aliphatic heterocycles. The molecule has 2 aliphatic rings. The second kappa shape index (κ2) is 8.69. The largest absolute Gasteiger partial charge is 0.496 e. The zero-order valence-electron chi connectivity index (χ0n) is 16.5. The second-order valence-electron chi connectivity index (χ2n) is 7.58. The first-order valence-corrected chi connectivity index (χ1v) is 10.2. The summed E-state index contributed by atoms with van der Waals surface area (Å²) in [4.78, 5) is 24.1. The number of benzene rings is 1. The number of amides is 1. The number of rotatable bonds is 5. The van der Waals surface area contributed by atoms with Gasteiger partial charge in [-0.1, -0.05) is 24.6 Å². The van der Waals surface area contributed by atoms with Crippen LogP contribution >= 0.6 is 0 Å². The molecule has 6 nitrogen and oxygen atoms in total. The molecule has 1 unspecified atom stereocenters. The molecule has 6 heteroatoms. The third kappa shape index (κ3) is 4.17. The van der Waals surface area contributed by atoms with Crippen molar-refractivity contribution in [2.75, 3.05) is 20.2 Å². The van der Waals surface area contributed by atoms with Crippen molar-refractivity contribution >= 4 is 5.91 Å². The Bertz CT molecular complexity index is 833. The SMILES string of the molecule is COc1ccccc1CCC(=O)N1CCc2nc(C3CCCCN3)ncc2C1. The summed E-state index contributed by atoms with van der Waals surface area (Å²) in [6.45, 7) is 2.38. The van der Waals surface area contributed by atoms with Gasteiger partial charge in [0, 0.05) is 37.7 Å². The minimum atomic E-state index is 0.176. The maximum atomic E-state index is 12.7. The molecule has 1 fully saturated rings. The van der Waals surface area contributed by atoms with Crippen LogP contribution in [0.4, 0.5) is 0 Å². The number of fused-ring (bicyclic) bond motifs is 1. The molecule has 1 atom stereocenters. The van der Waals surface area contributed by atoms with Crippen LogP contribution in [-0.4, -0.2) is 41.0 Å². The minimum absolute atomic E-state index is 0.176. The summed E-state index contributed by atoms with van der Waals surface area (Å²) in [5.74, 6) is 1.93. The van der Waals surface area contributed by atoms with Crippen molar-refractivity contribution in [2.24, 2.45) is 0 Å². The van der Waals surface area contributed by atoms with Crippen molar-refractivity contribution in [1.82, 2.24) is 20.2 Å². The monoisotopic (exact) mass is 380 g/mol. The normalized spacial score (nSPS) is 19.2. The maximum absolute atomic E-state index is 12.7. The Balaban J connectivity index is 1.37. The van der Waals surface area contributed by atoms with Gasteiger partial charge in [0.2, 0.25) is 5.91 Å². The fraction of sp³-hybridized carbons (Fsp3) is 0.500. The maximum Gasteiger partial charge on any atom is 0.223 e. The first-order chi connectivity index (χ1) is 13.7. The van der Waals surface area contributed by atoms with Crippen LogP contribution in [0.15, 0.2) is 30.5 Å². The molecule has 0 bridgehead atoms. The smallest absolute Gasteiger partial charge is 0.223 e. The number of para-hydroxylation sites is 1. The third-order valence-corrected chi connectivity index (χ3v) is 5.73. The van der Waals surface area contributed by atoms with Gasteiger partial charge in [0.05, 0.1) is 18.8 Å². The molecule has 0 saturated carbocycles. The molecule has 1 aromatic heterocycles. The summed E-state index contributed by atoms with van der Waals surface area (Å²) < 4.78 is 5.38. The second-order valence-corrected chi connectivity index (χ2v) is 7.58. The minimum Gasteiger partial charge on any atom is -0.496 e. The van der Waals surface area contributed by atoms with Crippen LogP contribution < -0.4 is 10.1 Å². The van der Waals surface area contributed by atoms with E-state index < -0.39 is 0 Å². The average Bonchev–Trinajstić information content (AvgIpc) is 2.77. The lowest BCUT2D eigenvalue weighted by molar-refractivity contribution is -0.132. The zero-order valence-corrected chi connectivity index (χ0v) is 16.5. The van der Waals surface area contributed by atoms with E-state index in [0.29, 0.717) is 19.4 Å². The molecule has 4 rings (SSSR count). The molecule has 28 heavy (non-hydrogen) atoms. The third-order valence-electron chi connectivity index (χ3n) is 5.73. The molecule has 3 heterocycles. The number of nitrogens with zero attached hydrogens (tertiary/aromatic N) is 3. The van der Waals surface area contributed by atoms with Gasteiger partial charge in [-0.15, -0.1) is 0 Å². The Kier molecular flexibility index (Phi) is 5.86. The molecule has 1 N–H and O–H groups in total. The number of methoxy groups -OCH3 is 1. The predicted molar refractivity (Wildman–Crippen MR) is 107 cm³/mol. The van der Waals surface area contributed by atoms with Gasteiger partial charge in [0.25, 0.3) is 0 Å². The Morgan fingerprint density at radius 1 is 1.32 bits per heavy atom. The summed E-state index contributed by atoms with van der Waals surface area (Å²) in [6, 6.07) is 8.16. The number of ether oxygens (including phenoxy) is 1. The van der Waals surface area contributed by atoms with Crippen molar-refractivity contribution < 1.29 is 9.53 Å². The van der Waals surface area contributed by atoms with Crippen molar-refractivity contribution in [1.29, 1.82) is 0 Å². The van der Waals surface area contributed by atoms with Crippen molar-refractivity contribution in [3.05, 3.63) is 53.1 Å². The molecule has 0 spiro atoms. The Labute approximate surface area is 166 Å². The molecule has 1 saturated heterocycles. The molecule has 148 valence electrons. The van der Waals surface area contributed by atoms with Crippen molar-refractivity contribution in [3.63, 3.8) is 0 Å². The van der Waals surface area contributed by atoms with Gasteiger partial charge in [-0.25, -0.2) is 9.97 Å². The van der Waals surface area contributed by atoms with E-state index >= 15 is 0 Å². The van der Waals surface area contributed by atoms with E-state index in [9.17, 15) is 4.79 Å². The van der Waals surface area contributed by atoms with Gasteiger partial charge in [0.1, 0.15) is 11.6 Å². The lowest BCUT2D eigenvalue weighted by Crippen LogP contribution is -2.37. The van der Waals surface area contributed by atoms with Gasteiger partial charge >= 0.3 is 0 Å². The number of carbonyl (C=O) groups is 1. The summed E-state index contributed by atoms with van der Waals surface area (Å²) in [7, 11) is 1.67. The first kappa shape index (κ1) is 18.9. The van der Waals surface area contributed by atoms with Crippen LogP contribution in [0, 0.1) is 0 Å². The van der Waals surface area contributed by atoms with E-state index in [-0.39, 0.29) is 11.9 Å². The van der Waals surface area contributed by atoms with Gasteiger partial charge in [-0.2, -0.15) is 0 Å². The van der Waals surface area contributed by atoms with Gasteiger partial charge in [-0.05, 0) is 37.4 Å². The lowest BCUT2D eigenvalue weighted by Gasteiger charge is -2.29. The van der Waals surface area contributed by atoms with Crippen LogP contribution in [-0.2, 0) is 24.2 Å². The van der Waals surface area contributed by atoms with E-state index in [0.717, 1.165) is 54.3 Å². The van der Waals surface area contributed by atoms with Crippen LogP contribution in [0.3, 0.4) is 0 Å². The molecular formula is C22H28N4O2. The predicted octanol–water partition coefficient (Wildman–Crippen LogP) is 2.82. The zero-order chi connectivity index (χ0) is 19.3. The number of carbonyl (C=O) groups excluding carboxylic acids is 1. The van der Waals surface area contributed by atoms with E-state index in [4.69, 9.17) is 9.72 Å². The highest BCUT2D eigenvalue weighted by Crippen LogP contribution is 2.24. The van der Waals surface area contributed by atoms with Gasteiger partial charge in [-0.3, -0.25) is 4.79 Å². The first-order valence-electron chi connectivity index (χ1n) is 10.2.